The standard InChI is InChI=1S/C10H10F3NO3/c1-17-7-4-2-3-6(5-7)9(14,8(15)16)10(11,12)13/h2-5H,14H2,1H3,(H,15,16)/t9-/m0/s1. The van der Waals surface area contributed by atoms with E-state index in [1.165, 1.54) is 19.2 Å². The predicted octanol–water partition coefficient (Wildman–Crippen LogP) is 1.50. The van der Waals surface area contributed by atoms with E-state index in [4.69, 9.17) is 15.6 Å². The van der Waals surface area contributed by atoms with Gasteiger partial charge >= 0.3 is 12.1 Å². The van der Waals surface area contributed by atoms with Crippen LogP contribution in [0.3, 0.4) is 0 Å². The van der Waals surface area contributed by atoms with Gasteiger partial charge in [-0.3, -0.25) is 0 Å². The van der Waals surface area contributed by atoms with Gasteiger partial charge in [-0.15, -0.1) is 0 Å². The third kappa shape index (κ3) is 2.19. The lowest BCUT2D eigenvalue weighted by molar-refractivity contribution is -0.204. The Morgan fingerprint density at radius 1 is 1.41 bits per heavy atom. The highest BCUT2D eigenvalue weighted by molar-refractivity contribution is 5.81. The molecule has 0 spiro atoms. The number of rotatable bonds is 3. The molecule has 0 radical (unpaired) electrons. The van der Waals surface area contributed by atoms with Crippen molar-refractivity contribution in [2.24, 2.45) is 5.73 Å². The molecule has 17 heavy (non-hydrogen) atoms. The Bertz CT molecular complexity index is 433. The van der Waals surface area contributed by atoms with Crippen LogP contribution in [0.25, 0.3) is 0 Å². The van der Waals surface area contributed by atoms with Gasteiger partial charge in [0.15, 0.2) is 0 Å². The van der Waals surface area contributed by atoms with Crippen LogP contribution < -0.4 is 10.5 Å². The van der Waals surface area contributed by atoms with Crippen LogP contribution in [-0.2, 0) is 10.3 Å². The average molecular weight is 249 g/mol. The summed E-state index contributed by atoms with van der Waals surface area (Å²) in [7, 11) is 1.26. The van der Waals surface area contributed by atoms with Gasteiger partial charge in [-0.05, 0) is 17.7 Å². The average Bonchev–Trinajstić information content (AvgIpc) is 2.26. The SMILES string of the molecule is COc1cccc([C@](N)(C(=O)O)C(F)(F)F)c1. The van der Waals surface area contributed by atoms with Crippen LogP contribution in [0.4, 0.5) is 13.2 Å². The van der Waals surface area contributed by atoms with E-state index >= 15 is 0 Å². The van der Waals surface area contributed by atoms with Crippen LogP contribution in [0.1, 0.15) is 5.56 Å². The first kappa shape index (κ1) is 13.3. The molecule has 4 nitrogen and oxygen atoms in total. The van der Waals surface area contributed by atoms with E-state index in [0.29, 0.717) is 0 Å². The Morgan fingerprint density at radius 2 is 2.00 bits per heavy atom. The number of carbonyl (C=O) groups is 1. The van der Waals surface area contributed by atoms with Crippen molar-refractivity contribution >= 4 is 5.97 Å². The van der Waals surface area contributed by atoms with E-state index in [-0.39, 0.29) is 5.75 Å². The van der Waals surface area contributed by atoms with Crippen molar-refractivity contribution in [1.82, 2.24) is 0 Å². The van der Waals surface area contributed by atoms with Gasteiger partial charge in [0.1, 0.15) is 5.75 Å². The highest BCUT2D eigenvalue weighted by Gasteiger charge is 2.59. The van der Waals surface area contributed by atoms with Crippen molar-refractivity contribution in [3.63, 3.8) is 0 Å². The van der Waals surface area contributed by atoms with E-state index < -0.39 is 23.2 Å². The quantitative estimate of drug-likeness (QED) is 0.851. The van der Waals surface area contributed by atoms with Gasteiger partial charge in [0.05, 0.1) is 7.11 Å². The molecule has 0 aliphatic heterocycles. The molecule has 0 bridgehead atoms. The topological polar surface area (TPSA) is 72.5 Å². The molecule has 3 N–H and O–H groups in total. The predicted molar refractivity (Wildman–Crippen MR) is 52.6 cm³/mol. The van der Waals surface area contributed by atoms with Crippen LogP contribution in [0, 0.1) is 0 Å². The summed E-state index contributed by atoms with van der Waals surface area (Å²) in [6, 6.07) is 4.57. The van der Waals surface area contributed by atoms with Gasteiger partial charge in [-0.2, -0.15) is 13.2 Å². The number of alkyl halides is 3. The summed E-state index contributed by atoms with van der Waals surface area (Å²) in [5, 5.41) is 8.70. The zero-order valence-electron chi connectivity index (χ0n) is 8.78. The molecule has 7 heteroatoms. The normalized spacial score (nSPS) is 15.1. The van der Waals surface area contributed by atoms with E-state index in [9.17, 15) is 18.0 Å². The zero-order chi connectivity index (χ0) is 13.3. The number of benzene rings is 1. The maximum Gasteiger partial charge on any atom is 0.421 e. The second-order valence-electron chi connectivity index (χ2n) is 3.34. The number of carboxylic acid groups (broad SMARTS) is 1. The zero-order valence-corrected chi connectivity index (χ0v) is 8.78. The number of aliphatic carboxylic acids is 1. The van der Waals surface area contributed by atoms with Gasteiger partial charge in [0.25, 0.3) is 0 Å². The molecule has 0 unspecified atom stereocenters. The Balaban J connectivity index is 3.38. The Morgan fingerprint density at radius 3 is 2.41 bits per heavy atom. The number of hydrogen-bond acceptors (Lipinski definition) is 3. The van der Waals surface area contributed by atoms with E-state index in [1.54, 1.807) is 0 Å². The van der Waals surface area contributed by atoms with Crippen molar-refractivity contribution in [3.05, 3.63) is 29.8 Å². The van der Waals surface area contributed by atoms with Crippen LogP contribution in [-0.4, -0.2) is 24.4 Å². The van der Waals surface area contributed by atoms with E-state index in [2.05, 4.69) is 0 Å². The van der Waals surface area contributed by atoms with Crippen LogP contribution in [0.2, 0.25) is 0 Å². The lowest BCUT2D eigenvalue weighted by Gasteiger charge is -2.27. The molecule has 1 aromatic carbocycles. The molecule has 1 rings (SSSR count). The van der Waals surface area contributed by atoms with Gasteiger partial charge < -0.3 is 15.6 Å². The minimum absolute atomic E-state index is 0.0998. The summed E-state index contributed by atoms with van der Waals surface area (Å²) < 4.78 is 42.9. The lowest BCUT2D eigenvalue weighted by atomic mass is 9.90. The smallest absolute Gasteiger partial charge is 0.421 e. The van der Waals surface area contributed by atoms with Crippen molar-refractivity contribution in [1.29, 1.82) is 0 Å². The summed E-state index contributed by atoms with van der Waals surface area (Å²) in [4.78, 5) is 10.8. The second kappa shape index (κ2) is 4.25. The number of methoxy groups -OCH3 is 1. The minimum Gasteiger partial charge on any atom is -0.497 e. The van der Waals surface area contributed by atoms with Crippen LogP contribution >= 0.6 is 0 Å². The second-order valence-corrected chi connectivity index (χ2v) is 3.34. The molecule has 1 atom stereocenters. The lowest BCUT2D eigenvalue weighted by Crippen LogP contribution is -2.56. The fourth-order valence-electron chi connectivity index (χ4n) is 1.28. The third-order valence-corrected chi connectivity index (χ3v) is 2.31. The number of halogens is 3. The highest BCUT2D eigenvalue weighted by Crippen LogP contribution is 2.38. The molecule has 0 aliphatic carbocycles. The fraction of sp³-hybridized carbons (Fsp3) is 0.300. The summed E-state index contributed by atoms with van der Waals surface area (Å²) in [6.07, 6.45) is -5.11. The highest BCUT2D eigenvalue weighted by atomic mass is 19.4. The van der Waals surface area contributed by atoms with Gasteiger partial charge in [0, 0.05) is 0 Å². The molecule has 0 saturated carbocycles. The monoisotopic (exact) mass is 249 g/mol. The fourth-order valence-corrected chi connectivity index (χ4v) is 1.28. The molecule has 0 heterocycles. The maximum atomic E-state index is 12.7. The van der Waals surface area contributed by atoms with Gasteiger partial charge in [-0.1, -0.05) is 12.1 Å². The van der Waals surface area contributed by atoms with E-state index in [0.717, 1.165) is 12.1 Å². The molecule has 0 aromatic heterocycles. The van der Waals surface area contributed by atoms with Crippen molar-refractivity contribution in [2.45, 2.75) is 11.7 Å². The third-order valence-electron chi connectivity index (χ3n) is 2.31. The van der Waals surface area contributed by atoms with Gasteiger partial charge in [-0.25, -0.2) is 4.79 Å². The first-order valence-corrected chi connectivity index (χ1v) is 4.47. The molecule has 0 fully saturated rings. The molecule has 0 aliphatic rings. The number of carboxylic acids is 1. The summed E-state index contributed by atoms with van der Waals surface area (Å²) in [5.41, 5.74) is 0.954. The molecule has 0 amide bonds. The van der Waals surface area contributed by atoms with Gasteiger partial charge in [0.2, 0.25) is 5.54 Å². The maximum absolute atomic E-state index is 12.7. The summed E-state index contributed by atoms with van der Waals surface area (Å²) in [5.74, 6) is -2.07. The number of nitrogens with two attached hydrogens (primary N) is 1. The Kier molecular flexibility index (Phi) is 3.33. The Hall–Kier alpha value is -1.76. The van der Waals surface area contributed by atoms with Crippen LogP contribution in [0.15, 0.2) is 24.3 Å². The molecule has 0 saturated heterocycles. The molecular weight excluding hydrogens is 239 g/mol. The summed E-state index contributed by atoms with van der Waals surface area (Å²) >= 11 is 0. The largest absolute Gasteiger partial charge is 0.497 e. The molecular formula is C10H10F3NO3. The molecule has 94 valence electrons. The minimum atomic E-state index is -5.11. The molecule has 1 aromatic rings. The van der Waals surface area contributed by atoms with Crippen LogP contribution in [0.5, 0.6) is 5.75 Å². The van der Waals surface area contributed by atoms with Crippen molar-refractivity contribution in [3.8, 4) is 5.75 Å². The van der Waals surface area contributed by atoms with E-state index in [1.807, 2.05) is 0 Å². The van der Waals surface area contributed by atoms with Crippen molar-refractivity contribution in [2.75, 3.05) is 7.11 Å². The first-order valence-electron chi connectivity index (χ1n) is 4.47. The summed E-state index contributed by atoms with van der Waals surface area (Å²) in [6.45, 7) is 0. The first-order chi connectivity index (χ1) is 7.73. The Labute approximate surface area is 94.8 Å². The number of ether oxygens (including phenoxy) is 1. The number of hydrogen-bond donors (Lipinski definition) is 2. The van der Waals surface area contributed by atoms with Crippen molar-refractivity contribution < 1.29 is 27.8 Å².